The highest BCUT2D eigenvalue weighted by Crippen LogP contribution is 2.48. The summed E-state index contributed by atoms with van der Waals surface area (Å²) in [5.41, 5.74) is 2.46. The lowest BCUT2D eigenvalue weighted by Crippen LogP contribution is -2.38. The van der Waals surface area contributed by atoms with Gasteiger partial charge in [-0.1, -0.05) is 23.9 Å². The Morgan fingerprint density at radius 1 is 1.23 bits per heavy atom. The van der Waals surface area contributed by atoms with Crippen LogP contribution in [0, 0.1) is 0 Å². The third-order valence-electron chi connectivity index (χ3n) is 5.42. The van der Waals surface area contributed by atoms with Crippen molar-refractivity contribution in [3.63, 3.8) is 0 Å². The number of benzene rings is 1. The fourth-order valence-electron chi connectivity index (χ4n) is 3.83. The van der Waals surface area contributed by atoms with Gasteiger partial charge in [0, 0.05) is 17.3 Å². The molecule has 164 valence electrons. The molecule has 1 saturated carbocycles. The molecule has 0 aromatic heterocycles. The number of nitrogens with zero attached hydrogens (tertiary/aromatic N) is 2. The van der Waals surface area contributed by atoms with E-state index in [0.29, 0.717) is 27.9 Å². The minimum Gasteiger partial charge on any atom is -0.493 e. The van der Waals surface area contributed by atoms with Crippen molar-refractivity contribution < 1.29 is 23.8 Å². The molecule has 0 saturated heterocycles. The first-order chi connectivity index (χ1) is 15.0. The van der Waals surface area contributed by atoms with E-state index in [0.717, 1.165) is 24.1 Å². The summed E-state index contributed by atoms with van der Waals surface area (Å²) >= 11 is 1.43. The zero-order valence-corrected chi connectivity index (χ0v) is 18.7. The number of methoxy groups -OCH3 is 3. The van der Waals surface area contributed by atoms with Crippen LogP contribution in [-0.2, 0) is 14.3 Å². The molecule has 1 atom stereocenters. The second kappa shape index (κ2) is 8.66. The molecule has 1 N–H and O–H groups in total. The smallest absolute Gasteiger partial charge is 0.338 e. The number of nitrogens with one attached hydrogen (secondary N) is 1. The van der Waals surface area contributed by atoms with E-state index in [4.69, 9.17) is 14.2 Å². The molecule has 31 heavy (non-hydrogen) atoms. The Bertz CT molecular complexity index is 1010. The predicted octanol–water partition coefficient (Wildman–Crippen LogP) is 3.12. The van der Waals surface area contributed by atoms with Crippen LogP contribution in [-0.4, -0.2) is 49.3 Å². The molecule has 8 nitrogen and oxygen atoms in total. The van der Waals surface area contributed by atoms with Gasteiger partial charge in [-0.25, -0.2) is 9.79 Å². The molecule has 0 spiro atoms. The number of thioether (sulfide) groups is 1. The third-order valence-corrected chi connectivity index (χ3v) is 6.31. The summed E-state index contributed by atoms with van der Waals surface area (Å²) in [5.74, 6) is 0.547. The van der Waals surface area contributed by atoms with Gasteiger partial charge in [0.05, 0.1) is 45.1 Å². The lowest BCUT2D eigenvalue weighted by molar-refractivity contribution is -0.136. The maximum absolute atomic E-state index is 12.8. The number of amidine groups is 1. The first kappa shape index (κ1) is 21.3. The average molecular weight is 444 g/mol. The lowest BCUT2D eigenvalue weighted by Gasteiger charge is -2.36. The number of allylic oxidation sites excluding steroid dienone is 1. The van der Waals surface area contributed by atoms with E-state index in [1.165, 1.54) is 18.9 Å². The molecule has 0 bridgehead atoms. The minimum absolute atomic E-state index is 0.0437. The van der Waals surface area contributed by atoms with Crippen LogP contribution in [0.4, 0.5) is 0 Å². The standard InChI is InChI=1S/C22H25N3O5S/c1-12-18(21(27)30-4)19(15-6-5-7-16(28-2)20(15)29-3)25-14(11-31-22(25)23-12)10-17(26)24-13-8-9-13/h5-7,11,13,19H,8-10H2,1-4H3,(H,24,26)/t19-/m0/s1. The Hall–Kier alpha value is -2.94. The second-order valence-corrected chi connectivity index (χ2v) is 8.32. The van der Waals surface area contributed by atoms with Gasteiger partial charge >= 0.3 is 5.97 Å². The highest BCUT2D eigenvalue weighted by Gasteiger charge is 2.42. The summed E-state index contributed by atoms with van der Waals surface area (Å²) in [6.45, 7) is 1.79. The monoisotopic (exact) mass is 443 g/mol. The van der Waals surface area contributed by atoms with Gasteiger partial charge in [-0.2, -0.15) is 0 Å². The Morgan fingerprint density at radius 3 is 2.65 bits per heavy atom. The zero-order chi connectivity index (χ0) is 22.1. The van der Waals surface area contributed by atoms with Crippen molar-refractivity contribution in [1.29, 1.82) is 0 Å². The second-order valence-electron chi connectivity index (χ2n) is 7.49. The van der Waals surface area contributed by atoms with Crippen LogP contribution in [0.25, 0.3) is 0 Å². The number of carbonyl (C=O) groups excluding carboxylic acids is 2. The number of hydrogen-bond donors (Lipinski definition) is 1. The van der Waals surface area contributed by atoms with Crippen molar-refractivity contribution in [1.82, 2.24) is 10.2 Å². The van der Waals surface area contributed by atoms with E-state index in [2.05, 4.69) is 10.3 Å². The largest absolute Gasteiger partial charge is 0.493 e. The van der Waals surface area contributed by atoms with Crippen molar-refractivity contribution in [3.8, 4) is 11.5 Å². The Morgan fingerprint density at radius 2 is 2.00 bits per heavy atom. The van der Waals surface area contributed by atoms with E-state index in [1.54, 1.807) is 27.2 Å². The van der Waals surface area contributed by atoms with E-state index < -0.39 is 12.0 Å². The summed E-state index contributed by atoms with van der Waals surface area (Å²) in [4.78, 5) is 31.9. The molecule has 1 aromatic rings. The summed E-state index contributed by atoms with van der Waals surface area (Å²) in [5, 5.41) is 5.64. The van der Waals surface area contributed by atoms with E-state index in [1.807, 2.05) is 22.4 Å². The fourth-order valence-corrected chi connectivity index (χ4v) is 4.80. The molecule has 1 aromatic carbocycles. The van der Waals surface area contributed by atoms with Crippen LogP contribution in [0.15, 0.2) is 45.6 Å². The van der Waals surface area contributed by atoms with Gasteiger partial charge in [-0.15, -0.1) is 0 Å². The SMILES string of the molecule is COC(=O)C1=C(C)N=C2SC=C(CC(=O)NC3CC3)N2[C@H]1c1cccc(OC)c1OC. The number of para-hydroxylation sites is 1. The van der Waals surface area contributed by atoms with Crippen molar-refractivity contribution in [2.45, 2.75) is 38.3 Å². The Labute approximate surface area is 185 Å². The number of ether oxygens (including phenoxy) is 3. The van der Waals surface area contributed by atoms with Crippen LogP contribution in [0.3, 0.4) is 0 Å². The number of fused-ring (bicyclic) bond motifs is 1. The summed E-state index contributed by atoms with van der Waals surface area (Å²) < 4.78 is 16.2. The average Bonchev–Trinajstić information content (AvgIpc) is 3.50. The third kappa shape index (κ3) is 4.01. The molecule has 2 heterocycles. The van der Waals surface area contributed by atoms with Crippen molar-refractivity contribution in [2.24, 2.45) is 4.99 Å². The quantitative estimate of drug-likeness (QED) is 0.648. The van der Waals surface area contributed by atoms with Crippen LogP contribution >= 0.6 is 11.8 Å². The van der Waals surface area contributed by atoms with Crippen LogP contribution < -0.4 is 14.8 Å². The normalized spacial score (nSPS) is 20.0. The van der Waals surface area contributed by atoms with Gasteiger partial charge < -0.3 is 24.4 Å². The number of rotatable bonds is 7. The predicted molar refractivity (Wildman–Crippen MR) is 118 cm³/mol. The molecular weight excluding hydrogens is 418 g/mol. The first-order valence-corrected chi connectivity index (χ1v) is 10.9. The molecule has 0 radical (unpaired) electrons. The molecule has 0 unspecified atom stereocenters. The number of carbonyl (C=O) groups is 2. The highest BCUT2D eigenvalue weighted by molar-refractivity contribution is 8.16. The maximum atomic E-state index is 12.8. The Kier molecular flexibility index (Phi) is 5.95. The van der Waals surface area contributed by atoms with Crippen molar-refractivity contribution in [3.05, 3.63) is 46.1 Å². The molecular formula is C22H25N3O5S. The van der Waals surface area contributed by atoms with Crippen LogP contribution in [0.2, 0.25) is 0 Å². The fraction of sp³-hybridized carbons (Fsp3) is 0.409. The van der Waals surface area contributed by atoms with Gasteiger partial charge in [0.2, 0.25) is 5.91 Å². The molecule has 1 amide bonds. The van der Waals surface area contributed by atoms with Crippen molar-refractivity contribution in [2.75, 3.05) is 21.3 Å². The molecule has 4 rings (SSSR count). The van der Waals surface area contributed by atoms with E-state index in [-0.39, 0.29) is 18.4 Å². The summed E-state index contributed by atoms with van der Waals surface area (Å²) in [7, 11) is 4.48. The van der Waals surface area contributed by atoms with E-state index in [9.17, 15) is 9.59 Å². The van der Waals surface area contributed by atoms with Gasteiger partial charge in [0.25, 0.3) is 0 Å². The minimum atomic E-state index is -0.569. The number of amides is 1. The lowest BCUT2D eigenvalue weighted by atomic mass is 9.92. The molecule has 1 fully saturated rings. The molecule has 9 heteroatoms. The number of aliphatic imine (C=N–C) groups is 1. The number of esters is 1. The van der Waals surface area contributed by atoms with Crippen LogP contribution in [0.1, 0.15) is 37.8 Å². The summed E-state index contributed by atoms with van der Waals surface area (Å²) in [6.07, 6.45) is 2.24. The van der Waals surface area contributed by atoms with Gasteiger partial charge in [-0.05, 0) is 31.2 Å². The zero-order valence-electron chi connectivity index (χ0n) is 17.9. The maximum Gasteiger partial charge on any atom is 0.338 e. The van der Waals surface area contributed by atoms with Gasteiger partial charge in [-0.3, -0.25) is 4.79 Å². The van der Waals surface area contributed by atoms with Crippen LogP contribution in [0.5, 0.6) is 11.5 Å². The number of hydrogen-bond acceptors (Lipinski definition) is 8. The first-order valence-electron chi connectivity index (χ1n) is 10.0. The topological polar surface area (TPSA) is 89.5 Å². The summed E-state index contributed by atoms with van der Waals surface area (Å²) in [6, 6.07) is 5.24. The van der Waals surface area contributed by atoms with Gasteiger partial charge in [0.1, 0.15) is 0 Å². The van der Waals surface area contributed by atoms with Crippen molar-refractivity contribution >= 4 is 28.8 Å². The molecule has 1 aliphatic carbocycles. The van der Waals surface area contributed by atoms with Gasteiger partial charge in [0.15, 0.2) is 16.7 Å². The molecule has 2 aliphatic heterocycles. The highest BCUT2D eigenvalue weighted by atomic mass is 32.2. The van der Waals surface area contributed by atoms with E-state index >= 15 is 0 Å². The Balaban J connectivity index is 1.79. The molecule has 3 aliphatic rings.